The van der Waals surface area contributed by atoms with Crippen LogP contribution in [0.2, 0.25) is 10.2 Å². The molecule has 3 aromatic rings. The number of pyridine rings is 1. The Bertz CT molecular complexity index is 804. The van der Waals surface area contributed by atoms with Crippen molar-refractivity contribution in [1.29, 1.82) is 0 Å². The van der Waals surface area contributed by atoms with Crippen LogP contribution in [0.4, 0.5) is 0 Å². The number of hydrogen-bond donors (Lipinski definition) is 1. The molecule has 0 saturated carbocycles. The number of nitrogens with zero attached hydrogens (tertiary/aromatic N) is 1. The highest BCUT2D eigenvalue weighted by atomic mass is 35.5. The summed E-state index contributed by atoms with van der Waals surface area (Å²) in [6.45, 7) is 0. The number of rotatable bonds is 4. The van der Waals surface area contributed by atoms with Gasteiger partial charge in [-0.3, -0.25) is 4.79 Å². The van der Waals surface area contributed by atoms with Crippen LogP contribution in [0, 0.1) is 0 Å². The summed E-state index contributed by atoms with van der Waals surface area (Å²) in [6, 6.07) is 12.4. The molecule has 1 amide bonds. The maximum atomic E-state index is 12.5. The normalized spacial score (nSPS) is 11.9. The Labute approximate surface area is 147 Å². The van der Waals surface area contributed by atoms with Crippen molar-refractivity contribution in [3.63, 3.8) is 0 Å². The van der Waals surface area contributed by atoms with Crippen molar-refractivity contribution in [3.8, 4) is 0 Å². The van der Waals surface area contributed by atoms with E-state index in [1.54, 1.807) is 23.5 Å². The summed E-state index contributed by atoms with van der Waals surface area (Å²) in [4.78, 5) is 16.4. The van der Waals surface area contributed by atoms with Gasteiger partial charge in [0.15, 0.2) is 0 Å². The van der Waals surface area contributed by atoms with E-state index in [0.29, 0.717) is 10.6 Å². The second kappa shape index (κ2) is 7.13. The van der Waals surface area contributed by atoms with Gasteiger partial charge in [0, 0.05) is 16.8 Å². The number of benzene rings is 1. The van der Waals surface area contributed by atoms with E-state index in [1.807, 2.05) is 41.1 Å². The van der Waals surface area contributed by atoms with Gasteiger partial charge in [-0.2, -0.15) is 11.3 Å². The van der Waals surface area contributed by atoms with Gasteiger partial charge < -0.3 is 5.32 Å². The predicted molar refractivity (Wildman–Crippen MR) is 94.3 cm³/mol. The van der Waals surface area contributed by atoms with Crippen molar-refractivity contribution in [2.24, 2.45) is 0 Å². The van der Waals surface area contributed by atoms with E-state index in [9.17, 15) is 4.79 Å². The van der Waals surface area contributed by atoms with Crippen LogP contribution in [0.3, 0.4) is 0 Å². The number of carbonyl (C=O) groups is 1. The van der Waals surface area contributed by atoms with Crippen LogP contribution in [0.1, 0.15) is 27.5 Å². The standard InChI is InChI=1S/C17H12Cl2N2OS/c18-14-3-1-11(2-4-14)16(13-6-8-23-10-13)21-17(22)12-5-7-20-15(19)9-12/h1-10,16H,(H,21,22). The van der Waals surface area contributed by atoms with Gasteiger partial charge in [0.2, 0.25) is 0 Å². The molecule has 1 aromatic carbocycles. The molecule has 0 spiro atoms. The largest absolute Gasteiger partial charge is 0.341 e. The van der Waals surface area contributed by atoms with Crippen LogP contribution in [0.25, 0.3) is 0 Å². The number of hydrogen-bond acceptors (Lipinski definition) is 3. The van der Waals surface area contributed by atoms with Gasteiger partial charge in [-0.25, -0.2) is 4.98 Å². The topological polar surface area (TPSA) is 42.0 Å². The molecule has 2 aromatic heterocycles. The van der Waals surface area contributed by atoms with E-state index in [-0.39, 0.29) is 17.1 Å². The van der Waals surface area contributed by atoms with Gasteiger partial charge in [0.1, 0.15) is 5.15 Å². The molecule has 23 heavy (non-hydrogen) atoms. The molecule has 0 aliphatic heterocycles. The molecule has 0 radical (unpaired) electrons. The summed E-state index contributed by atoms with van der Waals surface area (Å²) in [5, 5.41) is 7.98. The maximum Gasteiger partial charge on any atom is 0.252 e. The lowest BCUT2D eigenvalue weighted by atomic mass is 10.0. The van der Waals surface area contributed by atoms with Crippen LogP contribution in [0.5, 0.6) is 0 Å². The first-order chi connectivity index (χ1) is 11.1. The highest BCUT2D eigenvalue weighted by molar-refractivity contribution is 7.08. The van der Waals surface area contributed by atoms with E-state index in [1.165, 1.54) is 6.20 Å². The zero-order valence-corrected chi connectivity index (χ0v) is 14.2. The van der Waals surface area contributed by atoms with E-state index in [4.69, 9.17) is 23.2 Å². The first-order valence-corrected chi connectivity index (χ1v) is 8.53. The minimum absolute atomic E-state index is 0.208. The number of thiophene rings is 1. The molecule has 0 fully saturated rings. The Morgan fingerprint density at radius 3 is 2.52 bits per heavy atom. The van der Waals surface area contributed by atoms with E-state index in [0.717, 1.165) is 11.1 Å². The van der Waals surface area contributed by atoms with Gasteiger partial charge in [-0.1, -0.05) is 35.3 Å². The van der Waals surface area contributed by atoms with Crippen LogP contribution < -0.4 is 5.32 Å². The smallest absolute Gasteiger partial charge is 0.252 e. The summed E-state index contributed by atoms with van der Waals surface area (Å²) in [5.74, 6) is -0.208. The molecular formula is C17H12Cl2N2OS. The zero-order chi connectivity index (χ0) is 16.2. The van der Waals surface area contributed by atoms with Gasteiger partial charge in [0.05, 0.1) is 6.04 Å². The van der Waals surface area contributed by atoms with E-state index >= 15 is 0 Å². The van der Waals surface area contributed by atoms with Gasteiger partial charge in [-0.05, 0) is 52.2 Å². The highest BCUT2D eigenvalue weighted by Crippen LogP contribution is 2.26. The molecule has 2 heterocycles. The molecule has 0 bridgehead atoms. The number of amides is 1. The average molecular weight is 363 g/mol. The van der Waals surface area contributed by atoms with E-state index < -0.39 is 0 Å². The van der Waals surface area contributed by atoms with Crippen LogP contribution >= 0.6 is 34.5 Å². The third kappa shape index (κ3) is 3.91. The molecule has 6 heteroatoms. The molecule has 1 unspecified atom stereocenters. The molecule has 1 N–H and O–H groups in total. The lowest BCUT2D eigenvalue weighted by molar-refractivity contribution is 0.0943. The molecule has 0 aliphatic carbocycles. The van der Waals surface area contributed by atoms with Crippen LogP contribution in [-0.4, -0.2) is 10.9 Å². The lowest BCUT2D eigenvalue weighted by Crippen LogP contribution is -2.29. The number of halogens is 2. The third-order valence-corrected chi connectivity index (χ3v) is 4.50. The fourth-order valence-electron chi connectivity index (χ4n) is 2.21. The fraction of sp³-hybridized carbons (Fsp3) is 0.0588. The SMILES string of the molecule is O=C(NC(c1ccc(Cl)cc1)c1ccsc1)c1ccnc(Cl)c1. The second-order valence-corrected chi connectivity index (χ2v) is 6.49. The number of carbonyl (C=O) groups excluding carboxylic acids is 1. The Hall–Kier alpha value is -1.88. The molecular weight excluding hydrogens is 351 g/mol. The lowest BCUT2D eigenvalue weighted by Gasteiger charge is -2.18. The van der Waals surface area contributed by atoms with Crippen LogP contribution in [0.15, 0.2) is 59.4 Å². The monoisotopic (exact) mass is 362 g/mol. The predicted octanol–water partition coefficient (Wildman–Crippen LogP) is 4.97. The Morgan fingerprint density at radius 2 is 1.87 bits per heavy atom. The van der Waals surface area contributed by atoms with Crippen molar-refractivity contribution in [1.82, 2.24) is 10.3 Å². The zero-order valence-electron chi connectivity index (χ0n) is 11.9. The minimum Gasteiger partial charge on any atom is -0.341 e. The summed E-state index contributed by atoms with van der Waals surface area (Å²) < 4.78 is 0. The Morgan fingerprint density at radius 1 is 1.09 bits per heavy atom. The molecule has 116 valence electrons. The molecule has 0 aliphatic rings. The van der Waals surface area contributed by atoms with Gasteiger partial charge >= 0.3 is 0 Å². The van der Waals surface area contributed by atoms with Gasteiger partial charge in [0.25, 0.3) is 5.91 Å². The summed E-state index contributed by atoms with van der Waals surface area (Å²) in [7, 11) is 0. The molecule has 1 atom stereocenters. The minimum atomic E-state index is -0.252. The molecule has 0 saturated heterocycles. The van der Waals surface area contributed by atoms with Crippen molar-refractivity contribution >= 4 is 40.4 Å². The average Bonchev–Trinajstić information content (AvgIpc) is 3.07. The molecule has 3 nitrogen and oxygen atoms in total. The van der Waals surface area contributed by atoms with Crippen molar-refractivity contribution in [2.45, 2.75) is 6.04 Å². The maximum absolute atomic E-state index is 12.5. The van der Waals surface area contributed by atoms with Crippen molar-refractivity contribution in [2.75, 3.05) is 0 Å². The van der Waals surface area contributed by atoms with Crippen molar-refractivity contribution < 1.29 is 4.79 Å². The highest BCUT2D eigenvalue weighted by Gasteiger charge is 2.18. The van der Waals surface area contributed by atoms with Crippen LogP contribution in [-0.2, 0) is 0 Å². The first kappa shape index (κ1) is 16.0. The number of aromatic nitrogens is 1. The van der Waals surface area contributed by atoms with Crippen molar-refractivity contribution in [3.05, 3.63) is 86.3 Å². The molecule has 3 rings (SSSR count). The van der Waals surface area contributed by atoms with E-state index in [2.05, 4.69) is 10.3 Å². The summed E-state index contributed by atoms with van der Waals surface area (Å²) >= 11 is 13.4. The Kier molecular flexibility index (Phi) is 4.96. The number of nitrogens with one attached hydrogen (secondary N) is 1. The second-order valence-electron chi connectivity index (χ2n) is 4.88. The fourth-order valence-corrected chi connectivity index (χ4v) is 3.20. The Balaban J connectivity index is 1.90. The first-order valence-electron chi connectivity index (χ1n) is 6.83. The summed E-state index contributed by atoms with van der Waals surface area (Å²) in [5.41, 5.74) is 2.45. The summed E-state index contributed by atoms with van der Waals surface area (Å²) in [6.07, 6.45) is 1.51. The van der Waals surface area contributed by atoms with Gasteiger partial charge in [-0.15, -0.1) is 0 Å². The quantitative estimate of drug-likeness (QED) is 0.665. The third-order valence-electron chi connectivity index (χ3n) is 3.34.